The van der Waals surface area contributed by atoms with Gasteiger partial charge in [-0.15, -0.1) is 5.10 Å². The van der Waals surface area contributed by atoms with Crippen LogP contribution in [-0.4, -0.2) is 14.8 Å². The smallest absolute Gasteiger partial charge is 0.207 e. The van der Waals surface area contributed by atoms with E-state index in [0.29, 0.717) is 16.4 Å². The quantitative estimate of drug-likeness (QED) is 0.703. The van der Waals surface area contributed by atoms with Crippen LogP contribution >= 0.6 is 23.2 Å². The number of hydrogen-bond donors (Lipinski definition) is 0. The first-order valence-corrected chi connectivity index (χ1v) is 6.53. The maximum atomic E-state index is 12.9. The van der Waals surface area contributed by atoms with Crippen LogP contribution in [-0.2, 0) is 0 Å². The highest BCUT2D eigenvalue weighted by Crippen LogP contribution is 2.22. The lowest BCUT2D eigenvalue weighted by atomic mass is 10.2. The monoisotopic (exact) mass is 307 g/mol. The lowest BCUT2D eigenvalue weighted by Gasteiger charge is -2.01. The van der Waals surface area contributed by atoms with Crippen molar-refractivity contribution < 1.29 is 4.39 Å². The number of benzene rings is 2. The molecule has 3 rings (SSSR count). The normalized spacial score (nSPS) is 10.8. The minimum Gasteiger partial charge on any atom is -0.207 e. The molecule has 0 unspecified atom stereocenters. The van der Waals surface area contributed by atoms with Gasteiger partial charge in [-0.25, -0.2) is 9.07 Å². The largest absolute Gasteiger partial charge is 0.226 e. The van der Waals surface area contributed by atoms with Crippen molar-refractivity contribution in [2.24, 2.45) is 0 Å². The van der Waals surface area contributed by atoms with Gasteiger partial charge in [0, 0.05) is 10.6 Å². The van der Waals surface area contributed by atoms with Gasteiger partial charge in [-0.3, -0.25) is 0 Å². The third kappa shape index (κ3) is 2.53. The molecule has 0 aliphatic carbocycles. The SMILES string of the molecule is Fc1ccc(-c2nc(Cl)n(-c3ccc(Cl)cc3)n2)cc1. The van der Waals surface area contributed by atoms with E-state index in [0.717, 1.165) is 5.69 Å². The molecule has 3 aromatic rings. The van der Waals surface area contributed by atoms with Gasteiger partial charge in [-0.05, 0) is 60.1 Å². The third-order valence-corrected chi connectivity index (χ3v) is 3.24. The molecule has 0 radical (unpaired) electrons. The lowest BCUT2D eigenvalue weighted by molar-refractivity contribution is 0.628. The van der Waals surface area contributed by atoms with Crippen molar-refractivity contribution in [2.45, 2.75) is 0 Å². The van der Waals surface area contributed by atoms with E-state index in [-0.39, 0.29) is 11.1 Å². The molecule has 0 aliphatic rings. The Labute approximate surface area is 124 Å². The number of rotatable bonds is 2. The van der Waals surface area contributed by atoms with Crippen LogP contribution in [0.3, 0.4) is 0 Å². The molecule has 0 fully saturated rings. The van der Waals surface area contributed by atoms with Crippen molar-refractivity contribution in [3.63, 3.8) is 0 Å². The molecule has 6 heteroatoms. The van der Waals surface area contributed by atoms with Crippen LogP contribution in [0.25, 0.3) is 17.1 Å². The van der Waals surface area contributed by atoms with E-state index in [2.05, 4.69) is 10.1 Å². The van der Waals surface area contributed by atoms with Crippen molar-refractivity contribution in [2.75, 3.05) is 0 Å². The zero-order valence-corrected chi connectivity index (χ0v) is 11.6. The summed E-state index contributed by atoms with van der Waals surface area (Å²) >= 11 is 11.9. The van der Waals surface area contributed by atoms with Crippen LogP contribution in [0.2, 0.25) is 10.3 Å². The standard InChI is InChI=1S/C14H8Cl2FN3/c15-10-3-7-12(8-4-10)20-14(16)18-13(19-20)9-1-5-11(17)6-2-9/h1-8H. The van der Waals surface area contributed by atoms with E-state index in [1.807, 2.05) is 0 Å². The molecule has 0 spiro atoms. The second-order valence-electron chi connectivity index (χ2n) is 4.10. The highest BCUT2D eigenvalue weighted by Gasteiger charge is 2.11. The summed E-state index contributed by atoms with van der Waals surface area (Å²) in [5, 5.41) is 5.17. The van der Waals surface area contributed by atoms with E-state index < -0.39 is 0 Å². The van der Waals surface area contributed by atoms with Gasteiger partial charge in [0.05, 0.1) is 5.69 Å². The fourth-order valence-corrected chi connectivity index (χ4v) is 2.10. The van der Waals surface area contributed by atoms with Crippen LogP contribution in [0.5, 0.6) is 0 Å². The molecular formula is C14H8Cl2FN3. The highest BCUT2D eigenvalue weighted by molar-refractivity contribution is 6.30. The average molecular weight is 308 g/mol. The predicted octanol–water partition coefficient (Wildman–Crippen LogP) is 4.38. The maximum Gasteiger partial charge on any atom is 0.226 e. The van der Waals surface area contributed by atoms with Crippen LogP contribution in [0.4, 0.5) is 4.39 Å². The molecule has 2 aromatic carbocycles. The van der Waals surface area contributed by atoms with Gasteiger partial charge in [-0.1, -0.05) is 11.6 Å². The van der Waals surface area contributed by atoms with Gasteiger partial charge in [0.15, 0.2) is 5.82 Å². The molecule has 3 nitrogen and oxygen atoms in total. The molecule has 100 valence electrons. The van der Waals surface area contributed by atoms with Gasteiger partial charge < -0.3 is 0 Å². The summed E-state index contributed by atoms with van der Waals surface area (Å²) in [5.41, 5.74) is 1.45. The van der Waals surface area contributed by atoms with Gasteiger partial charge in [0.25, 0.3) is 0 Å². The second kappa shape index (κ2) is 5.23. The maximum absolute atomic E-state index is 12.9. The Hall–Kier alpha value is -1.91. The Morgan fingerprint density at radius 2 is 1.55 bits per heavy atom. The number of nitrogens with zero attached hydrogens (tertiary/aromatic N) is 3. The minimum atomic E-state index is -0.308. The Bertz CT molecular complexity index is 736. The van der Waals surface area contributed by atoms with E-state index in [1.54, 1.807) is 36.4 Å². The van der Waals surface area contributed by atoms with Crippen LogP contribution in [0.1, 0.15) is 0 Å². The van der Waals surface area contributed by atoms with Crippen molar-refractivity contribution in [3.8, 4) is 17.1 Å². The molecule has 0 saturated heterocycles. The molecule has 0 atom stereocenters. The number of halogens is 3. The summed E-state index contributed by atoms with van der Waals surface area (Å²) in [5.74, 6) is 0.127. The van der Waals surface area contributed by atoms with Crippen LogP contribution in [0, 0.1) is 5.82 Å². The fourth-order valence-electron chi connectivity index (χ4n) is 1.76. The van der Waals surface area contributed by atoms with Crippen molar-refractivity contribution in [3.05, 3.63) is 64.7 Å². The van der Waals surface area contributed by atoms with Gasteiger partial charge >= 0.3 is 0 Å². The van der Waals surface area contributed by atoms with Gasteiger partial charge in [-0.2, -0.15) is 4.98 Å². The molecule has 0 bridgehead atoms. The first-order chi connectivity index (χ1) is 9.63. The zero-order valence-electron chi connectivity index (χ0n) is 10.1. The third-order valence-electron chi connectivity index (χ3n) is 2.74. The molecular weight excluding hydrogens is 300 g/mol. The summed E-state index contributed by atoms with van der Waals surface area (Å²) in [4.78, 5) is 4.17. The minimum absolute atomic E-state index is 0.228. The molecule has 0 N–H and O–H groups in total. The number of aromatic nitrogens is 3. The summed E-state index contributed by atoms with van der Waals surface area (Å²) in [6.07, 6.45) is 0. The number of hydrogen-bond acceptors (Lipinski definition) is 2. The van der Waals surface area contributed by atoms with E-state index >= 15 is 0 Å². The van der Waals surface area contributed by atoms with Crippen molar-refractivity contribution in [1.29, 1.82) is 0 Å². The molecule has 0 amide bonds. The van der Waals surface area contributed by atoms with Crippen molar-refractivity contribution in [1.82, 2.24) is 14.8 Å². The highest BCUT2D eigenvalue weighted by atomic mass is 35.5. The average Bonchev–Trinajstić information content (AvgIpc) is 2.82. The first-order valence-electron chi connectivity index (χ1n) is 5.78. The Kier molecular flexibility index (Phi) is 3.42. The van der Waals surface area contributed by atoms with E-state index in [9.17, 15) is 4.39 Å². The Morgan fingerprint density at radius 1 is 0.900 bits per heavy atom. The molecule has 20 heavy (non-hydrogen) atoms. The second-order valence-corrected chi connectivity index (χ2v) is 4.87. The van der Waals surface area contributed by atoms with Gasteiger partial charge in [0.1, 0.15) is 5.82 Å². The molecule has 1 heterocycles. The predicted molar refractivity (Wildman–Crippen MR) is 76.8 cm³/mol. The fraction of sp³-hybridized carbons (Fsp3) is 0. The Balaban J connectivity index is 2.02. The molecule has 0 saturated carbocycles. The lowest BCUT2D eigenvalue weighted by Crippen LogP contribution is -1.96. The topological polar surface area (TPSA) is 30.7 Å². The van der Waals surface area contributed by atoms with E-state index in [4.69, 9.17) is 23.2 Å². The van der Waals surface area contributed by atoms with Crippen LogP contribution < -0.4 is 0 Å². The summed E-state index contributed by atoms with van der Waals surface area (Å²) < 4.78 is 14.4. The first kappa shape index (κ1) is 13.1. The zero-order chi connectivity index (χ0) is 14.1. The molecule has 0 aliphatic heterocycles. The summed E-state index contributed by atoms with van der Waals surface area (Å²) in [6, 6.07) is 13.0. The summed E-state index contributed by atoms with van der Waals surface area (Å²) in [6.45, 7) is 0. The van der Waals surface area contributed by atoms with E-state index in [1.165, 1.54) is 16.8 Å². The van der Waals surface area contributed by atoms with Gasteiger partial charge in [0.2, 0.25) is 5.28 Å². The van der Waals surface area contributed by atoms with Crippen molar-refractivity contribution >= 4 is 23.2 Å². The molecule has 1 aromatic heterocycles. The Morgan fingerprint density at radius 3 is 2.20 bits per heavy atom. The summed E-state index contributed by atoms with van der Waals surface area (Å²) in [7, 11) is 0. The van der Waals surface area contributed by atoms with Crippen LogP contribution in [0.15, 0.2) is 48.5 Å².